The van der Waals surface area contributed by atoms with Crippen molar-refractivity contribution in [3.05, 3.63) is 35.6 Å². The van der Waals surface area contributed by atoms with Gasteiger partial charge in [-0.3, -0.25) is 4.79 Å². The molecular formula is C11H12FNOS. The van der Waals surface area contributed by atoms with Gasteiger partial charge in [0.25, 0.3) is 5.91 Å². The minimum absolute atomic E-state index is 0.134. The van der Waals surface area contributed by atoms with Crippen LogP contribution in [0.2, 0.25) is 0 Å². The predicted molar refractivity (Wildman–Crippen MR) is 59.6 cm³/mol. The molecule has 0 aliphatic carbocycles. The van der Waals surface area contributed by atoms with Gasteiger partial charge in [0.2, 0.25) is 0 Å². The molecule has 0 saturated carbocycles. The highest BCUT2D eigenvalue weighted by Crippen LogP contribution is 2.17. The fraction of sp³-hybridized carbons (Fsp3) is 0.364. The third-order valence-corrected chi connectivity index (χ3v) is 3.55. The lowest BCUT2D eigenvalue weighted by Crippen LogP contribution is -2.35. The molecule has 2 nitrogen and oxygen atoms in total. The molecule has 0 bridgehead atoms. The van der Waals surface area contributed by atoms with Gasteiger partial charge in [-0.1, -0.05) is 12.1 Å². The van der Waals surface area contributed by atoms with Gasteiger partial charge in [0, 0.05) is 11.8 Å². The first-order valence-corrected chi connectivity index (χ1v) is 6.06. The quantitative estimate of drug-likeness (QED) is 0.834. The van der Waals surface area contributed by atoms with Crippen LogP contribution in [0.25, 0.3) is 0 Å². The van der Waals surface area contributed by atoms with Gasteiger partial charge >= 0.3 is 0 Å². The Kier molecular flexibility index (Phi) is 3.26. The molecule has 80 valence electrons. The van der Waals surface area contributed by atoms with Crippen molar-refractivity contribution in [1.82, 2.24) is 5.32 Å². The highest BCUT2D eigenvalue weighted by Gasteiger charge is 2.19. The molecule has 1 unspecified atom stereocenters. The van der Waals surface area contributed by atoms with Crippen molar-refractivity contribution in [3.8, 4) is 0 Å². The second-order valence-electron chi connectivity index (χ2n) is 3.51. The van der Waals surface area contributed by atoms with Crippen LogP contribution in [0, 0.1) is 5.82 Å². The van der Waals surface area contributed by atoms with E-state index < -0.39 is 5.82 Å². The molecule has 1 atom stereocenters. The maximum absolute atomic E-state index is 13.2. The number of benzene rings is 1. The van der Waals surface area contributed by atoms with E-state index in [1.807, 2.05) is 11.8 Å². The van der Waals surface area contributed by atoms with Crippen LogP contribution in [0.4, 0.5) is 4.39 Å². The van der Waals surface area contributed by atoms with Crippen LogP contribution in [0.1, 0.15) is 16.8 Å². The van der Waals surface area contributed by atoms with Gasteiger partial charge in [-0.15, -0.1) is 0 Å². The van der Waals surface area contributed by atoms with Gasteiger partial charge < -0.3 is 5.32 Å². The maximum atomic E-state index is 13.2. The highest BCUT2D eigenvalue weighted by molar-refractivity contribution is 7.99. The van der Waals surface area contributed by atoms with Gasteiger partial charge in [0.15, 0.2) is 0 Å². The standard InChI is InChI=1S/C11H12FNOS/c12-10-4-2-1-3-9(10)11(14)13-8-5-6-15-7-8/h1-4,8H,5-7H2,(H,13,14). The molecule has 1 amide bonds. The van der Waals surface area contributed by atoms with Crippen molar-refractivity contribution >= 4 is 17.7 Å². The van der Waals surface area contributed by atoms with E-state index in [9.17, 15) is 9.18 Å². The van der Waals surface area contributed by atoms with Crippen molar-refractivity contribution in [2.24, 2.45) is 0 Å². The summed E-state index contributed by atoms with van der Waals surface area (Å²) in [5.41, 5.74) is 0.134. The lowest BCUT2D eigenvalue weighted by atomic mass is 10.2. The molecule has 2 rings (SSSR count). The number of carbonyl (C=O) groups excluding carboxylic acids is 1. The van der Waals surface area contributed by atoms with Crippen molar-refractivity contribution in [2.75, 3.05) is 11.5 Å². The number of halogens is 1. The Labute approximate surface area is 92.3 Å². The summed E-state index contributed by atoms with van der Waals surface area (Å²) in [6.45, 7) is 0. The topological polar surface area (TPSA) is 29.1 Å². The van der Waals surface area contributed by atoms with Crippen LogP contribution in [0.3, 0.4) is 0 Å². The summed E-state index contributed by atoms with van der Waals surface area (Å²) in [6.07, 6.45) is 0.977. The summed E-state index contributed by atoms with van der Waals surface area (Å²) in [5.74, 6) is 1.24. The lowest BCUT2D eigenvalue weighted by molar-refractivity contribution is 0.0937. The molecule has 1 aromatic rings. The first kappa shape index (κ1) is 10.5. The molecule has 1 aromatic carbocycles. The smallest absolute Gasteiger partial charge is 0.254 e. The number of rotatable bonds is 2. The molecule has 15 heavy (non-hydrogen) atoms. The Hall–Kier alpha value is -1.03. The summed E-state index contributed by atoms with van der Waals surface area (Å²) in [7, 11) is 0. The van der Waals surface area contributed by atoms with Crippen molar-refractivity contribution < 1.29 is 9.18 Å². The first-order valence-electron chi connectivity index (χ1n) is 4.90. The van der Waals surface area contributed by atoms with Crippen molar-refractivity contribution in [3.63, 3.8) is 0 Å². The van der Waals surface area contributed by atoms with Crippen molar-refractivity contribution in [1.29, 1.82) is 0 Å². The molecule has 1 saturated heterocycles. The van der Waals surface area contributed by atoms with Crippen LogP contribution >= 0.6 is 11.8 Å². The summed E-state index contributed by atoms with van der Waals surface area (Å²) < 4.78 is 13.2. The van der Waals surface area contributed by atoms with Gasteiger partial charge in [-0.25, -0.2) is 4.39 Å². The second kappa shape index (κ2) is 4.66. The Bertz CT molecular complexity index is 363. The van der Waals surface area contributed by atoms with E-state index in [1.54, 1.807) is 12.1 Å². The summed E-state index contributed by atoms with van der Waals surface area (Å²) in [6, 6.07) is 6.26. The fourth-order valence-corrected chi connectivity index (χ4v) is 2.71. The van der Waals surface area contributed by atoms with Gasteiger partial charge in [-0.05, 0) is 24.3 Å². The Balaban J connectivity index is 2.04. The van der Waals surface area contributed by atoms with E-state index in [1.165, 1.54) is 12.1 Å². The third kappa shape index (κ3) is 2.50. The van der Waals surface area contributed by atoms with Gasteiger partial charge in [0.05, 0.1) is 5.56 Å². The minimum atomic E-state index is -0.458. The zero-order valence-corrected chi connectivity index (χ0v) is 9.02. The molecular weight excluding hydrogens is 213 g/mol. The molecule has 1 aliphatic heterocycles. The monoisotopic (exact) mass is 225 g/mol. The minimum Gasteiger partial charge on any atom is -0.348 e. The van der Waals surface area contributed by atoms with Gasteiger partial charge in [0.1, 0.15) is 5.82 Å². The van der Waals surface area contributed by atoms with Crippen LogP contribution in [-0.2, 0) is 0 Å². The summed E-state index contributed by atoms with van der Waals surface area (Å²) >= 11 is 1.82. The largest absolute Gasteiger partial charge is 0.348 e. The second-order valence-corrected chi connectivity index (χ2v) is 4.66. The number of thioether (sulfide) groups is 1. The molecule has 0 spiro atoms. The molecule has 1 aliphatic rings. The van der Waals surface area contributed by atoms with E-state index in [0.29, 0.717) is 0 Å². The molecule has 1 fully saturated rings. The predicted octanol–water partition coefficient (Wildman–Crippen LogP) is 2.06. The molecule has 4 heteroatoms. The zero-order valence-electron chi connectivity index (χ0n) is 8.20. The van der Waals surface area contributed by atoms with E-state index in [4.69, 9.17) is 0 Å². The number of carbonyl (C=O) groups is 1. The van der Waals surface area contributed by atoms with Gasteiger partial charge in [-0.2, -0.15) is 11.8 Å². The highest BCUT2D eigenvalue weighted by atomic mass is 32.2. The van der Waals surface area contributed by atoms with E-state index in [-0.39, 0.29) is 17.5 Å². The van der Waals surface area contributed by atoms with Crippen LogP contribution in [0.15, 0.2) is 24.3 Å². The number of hydrogen-bond acceptors (Lipinski definition) is 2. The zero-order chi connectivity index (χ0) is 10.7. The Morgan fingerprint density at radius 2 is 2.27 bits per heavy atom. The summed E-state index contributed by atoms with van der Waals surface area (Å²) in [4.78, 5) is 11.7. The summed E-state index contributed by atoms with van der Waals surface area (Å²) in [5, 5.41) is 2.84. The normalized spacial score (nSPS) is 20.2. The number of hydrogen-bond donors (Lipinski definition) is 1. The SMILES string of the molecule is O=C(NC1CCSC1)c1ccccc1F. The van der Waals surface area contributed by atoms with Crippen LogP contribution in [-0.4, -0.2) is 23.5 Å². The average molecular weight is 225 g/mol. The molecule has 0 aromatic heterocycles. The molecule has 1 heterocycles. The van der Waals surface area contributed by atoms with Crippen LogP contribution < -0.4 is 5.32 Å². The van der Waals surface area contributed by atoms with Crippen molar-refractivity contribution in [2.45, 2.75) is 12.5 Å². The van der Waals surface area contributed by atoms with Crippen LogP contribution in [0.5, 0.6) is 0 Å². The third-order valence-electron chi connectivity index (χ3n) is 2.38. The van der Waals surface area contributed by atoms with E-state index in [0.717, 1.165) is 17.9 Å². The Morgan fingerprint density at radius 3 is 2.93 bits per heavy atom. The number of nitrogens with one attached hydrogen (secondary N) is 1. The first-order chi connectivity index (χ1) is 7.27. The average Bonchev–Trinajstić information content (AvgIpc) is 2.71. The fourth-order valence-electron chi connectivity index (χ4n) is 1.56. The lowest BCUT2D eigenvalue weighted by Gasteiger charge is -2.11. The number of amides is 1. The Morgan fingerprint density at radius 1 is 1.47 bits per heavy atom. The molecule has 1 N–H and O–H groups in total. The molecule has 0 radical (unpaired) electrons. The van der Waals surface area contributed by atoms with E-state index >= 15 is 0 Å². The van der Waals surface area contributed by atoms with E-state index in [2.05, 4.69) is 5.32 Å². The maximum Gasteiger partial charge on any atom is 0.254 e.